The van der Waals surface area contributed by atoms with Crippen molar-refractivity contribution >= 4 is 21.7 Å². The van der Waals surface area contributed by atoms with Crippen molar-refractivity contribution in [2.24, 2.45) is 5.14 Å². The van der Waals surface area contributed by atoms with Crippen LogP contribution in [0.5, 0.6) is 0 Å². The Hall–Kier alpha value is -2.39. The van der Waals surface area contributed by atoms with E-state index in [4.69, 9.17) is 14.7 Å². The van der Waals surface area contributed by atoms with E-state index < -0.39 is 21.8 Å². The maximum Gasteiger partial charge on any atom is 0.371 e. The lowest BCUT2D eigenvalue weighted by atomic mass is 10.3. The molecular weight excluding hydrogens is 303 g/mol. The summed E-state index contributed by atoms with van der Waals surface area (Å²) in [6.07, 6.45) is 0. The van der Waals surface area contributed by atoms with E-state index in [1.165, 1.54) is 18.2 Å². The van der Waals surface area contributed by atoms with Gasteiger partial charge < -0.3 is 14.8 Å². The molecule has 0 amide bonds. The highest BCUT2D eigenvalue weighted by Crippen LogP contribution is 2.19. The zero-order chi connectivity index (χ0) is 15.6. The molecule has 0 fully saturated rings. The molecule has 0 atom stereocenters. The van der Waals surface area contributed by atoms with E-state index in [-0.39, 0.29) is 22.9 Å². The molecule has 1 heterocycles. The van der Waals surface area contributed by atoms with Gasteiger partial charge in [-0.3, -0.25) is 0 Å². The Morgan fingerprint density at radius 1 is 1.33 bits per heavy atom. The van der Waals surface area contributed by atoms with Crippen LogP contribution in [-0.4, -0.2) is 19.5 Å². The van der Waals surface area contributed by atoms with Gasteiger partial charge >= 0.3 is 5.97 Å². The topological polar surface area (TPSA) is 123 Å². The second-order valence-corrected chi connectivity index (χ2v) is 5.67. The van der Waals surface area contributed by atoms with Crippen molar-refractivity contribution in [2.45, 2.75) is 11.4 Å². The molecule has 0 spiro atoms. The van der Waals surface area contributed by atoms with Crippen molar-refractivity contribution in [3.8, 4) is 0 Å². The molecule has 0 aliphatic rings. The highest BCUT2D eigenvalue weighted by molar-refractivity contribution is 7.89. The maximum absolute atomic E-state index is 13.7. The normalized spacial score (nSPS) is 11.3. The monoisotopic (exact) mass is 314 g/mol. The third-order valence-corrected chi connectivity index (χ3v) is 3.51. The average molecular weight is 314 g/mol. The first-order chi connectivity index (χ1) is 9.77. The van der Waals surface area contributed by atoms with Gasteiger partial charge in [0.05, 0.1) is 17.1 Å². The van der Waals surface area contributed by atoms with Gasteiger partial charge in [-0.25, -0.2) is 22.7 Å². The third-order valence-electron chi connectivity index (χ3n) is 2.59. The van der Waals surface area contributed by atoms with Crippen molar-refractivity contribution in [1.29, 1.82) is 0 Å². The zero-order valence-corrected chi connectivity index (χ0v) is 11.4. The predicted octanol–water partition coefficient (Wildman–Crippen LogP) is 1.38. The Bertz CT molecular complexity index is 785. The Morgan fingerprint density at radius 3 is 2.57 bits per heavy atom. The molecule has 9 heteroatoms. The summed E-state index contributed by atoms with van der Waals surface area (Å²) in [5.41, 5.74) is 0.0377. The number of furan rings is 1. The van der Waals surface area contributed by atoms with Crippen LogP contribution < -0.4 is 10.5 Å². The number of primary sulfonamides is 1. The van der Waals surface area contributed by atoms with Gasteiger partial charge in [-0.05, 0) is 30.3 Å². The van der Waals surface area contributed by atoms with Crippen molar-refractivity contribution in [1.82, 2.24) is 0 Å². The van der Waals surface area contributed by atoms with Crippen LogP contribution in [0.2, 0.25) is 0 Å². The Balaban J connectivity index is 2.11. The van der Waals surface area contributed by atoms with Crippen molar-refractivity contribution in [3.63, 3.8) is 0 Å². The SMILES string of the molecule is NS(=O)(=O)c1ccc(NCc2ccc(C(=O)O)o2)c(F)c1. The number of carboxylic acid groups (broad SMARTS) is 1. The molecule has 0 saturated heterocycles. The van der Waals surface area contributed by atoms with Crippen molar-refractivity contribution in [3.05, 3.63) is 47.7 Å². The summed E-state index contributed by atoms with van der Waals surface area (Å²) in [7, 11) is -3.97. The van der Waals surface area contributed by atoms with Gasteiger partial charge in [0, 0.05) is 0 Å². The number of carboxylic acids is 1. The summed E-state index contributed by atoms with van der Waals surface area (Å²) >= 11 is 0. The number of nitrogens with one attached hydrogen (secondary N) is 1. The largest absolute Gasteiger partial charge is 0.475 e. The van der Waals surface area contributed by atoms with Gasteiger partial charge in [-0.2, -0.15) is 0 Å². The number of anilines is 1. The van der Waals surface area contributed by atoms with Crippen LogP contribution in [0.3, 0.4) is 0 Å². The third kappa shape index (κ3) is 3.58. The smallest absolute Gasteiger partial charge is 0.371 e. The molecule has 1 aromatic carbocycles. The van der Waals surface area contributed by atoms with Crippen LogP contribution in [0.1, 0.15) is 16.3 Å². The number of carbonyl (C=O) groups is 1. The Kier molecular flexibility index (Phi) is 3.96. The summed E-state index contributed by atoms with van der Waals surface area (Å²) in [5.74, 6) is -1.93. The van der Waals surface area contributed by atoms with Gasteiger partial charge in [0.25, 0.3) is 0 Å². The molecule has 0 unspecified atom stereocenters. The van der Waals surface area contributed by atoms with Crippen LogP contribution >= 0.6 is 0 Å². The van der Waals surface area contributed by atoms with Gasteiger partial charge in [0.15, 0.2) is 0 Å². The quantitative estimate of drug-likeness (QED) is 0.766. The molecule has 7 nitrogen and oxygen atoms in total. The molecule has 0 bridgehead atoms. The fourth-order valence-corrected chi connectivity index (χ4v) is 2.11. The number of benzene rings is 1. The van der Waals surface area contributed by atoms with E-state index in [9.17, 15) is 17.6 Å². The number of hydrogen-bond acceptors (Lipinski definition) is 5. The van der Waals surface area contributed by atoms with Gasteiger partial charge in [-0.15, -0.1) is 0 Å². The van der Waals surface area contributed by atoms with Crippen molar-refractivity contribution < 1.29 is 27.1 Å². The minimum atomic E-state index is -3.97. The van der Waals surface area contributed by atoms with Gasteiger partial charge in [0.2, 0.25) is 15.8 Å². The summed E-state index contributed by atoms with van der Waals surface area (Å²) in [5, 5.41) is 16.2. The number of rotatable bonds is 5. The highest BCUT2D eigenvalue weighted by atomic mass is 32.2. The van der Waals surface area contributed by atoms with E-state index in [0.29, 0.717) is 5.76 Å². The lowest BCUT2D eigenvalue weighted by Gasteiger charge is -2.07. The number of sulfonamides is 1. The average Bonchev–Trinajstić information content (AvgIpc) is 2.85. The highest BCUT2D eigenvalue weighted by Gasteiger charge is 2.12. The van der Waals surface area contributed by atoms with Crippen LogP contribution in [0.4, 0.5) is 10.1 Å². The summed E-state index contributed by atoms with van der Waals surface area (Å²) < 4.78 is 40.8. The van der Waals surface area contributed by atoms with E-state index in [2.05, 4.69) is 5.32 Å². The second kappa shape index (κ2) is 5.54. The van der Waals surface area contributed by atoms with E-state index in [1.807, 2.05) is 0 Å². The van der Waals surface area contributed by atoms with Gasteiger partial charge in [0.1, 0.15) is 11.6 Å². The minimum absolute atomic E-state index is 0.0377. The molecular formula is C12H11FN2O5S. The van der Waals surface area contributed by atoms with Gasteiger partial charge in [-0.1, -0.05) is 0 Å². The summed E-state index contributed by atoms with van der Waals surface area (Å²) in [6, 6.07) is 5.89. The molecule has 0 radical (unpaired) electrons. The number of halogens is 1. The molecule has 0 aliphatic heterocycles. The fraction of sp³-hybridized carbons (Fsp3) is 0.0833. The maximum atomic E-state index is 13.7. The first kappa shape index (κ1) is 15.0. The van der Waals surface area contributed by atoms with Crippen LogP contribution in [0.15, 0.2) is 39.6 Å². The molecule has 0 saturated carbocycles. The first-order valence-corrected chi connectivity index (χ1v) is 7.20. The number of hydrogen-bond donors (Lipinski definition) is 3. The molecule has 112 valence electrons. The standard InChI is InChI=1S/C12H11FN2O5S/c13-9-5-8(21(14,18)19)2-3-10(9)15-6-7-1-4-11(20-7)12(16)17/h1-5,15H,6H2,(H,16,17)(H2,14,18,19). The fourth-order valence-electron chi connectivity index (χ4n) is 1.59. The summed E-state index contributed by atoms with van der Waals surface area (Å²) in [4.78, 5) is 10.3. The van der Waals surface area contributed by atoms with Crippen molar-refractivity contribution in [2.75, 3.05) is 5.32 Å². The van der Waals surface area contributed by atoms with E-state index in [0.717, 1.165) is 12.1 Å². The van der Waals surface area contributed by atoms with Crippen LogP contribution in [-0.2, 0) is 16.6 Å². The summed E-state index contributed by atoms with van der Waals surface area (Å²) in [6.45, 7) is 0.0406. The Morgan fingerprint density at radius 2 is 2.05 bits per heavy atom. The Labute approximate surface area is 119 Å². The molecule has 4 N–H and O–H groups in total. The van der Waals surface area contributed by atoms with E-state index >= 15 is 0 Å². The second-order valence-electron chi connectivity index (χ2n) is 4.11. The molecule has 1 aromatic heterocycles. The molecule has 2 rings (SSSR count). The first-order valence-electron chi connectivity index (χ1n) is 5.65. The predicted molar refractivity (Wildman–Crippen MR) is 70.8 cm³/mol. The lowest BCUT2D eigenvalue weighted by Crippen LogP contribution is -2.12. The molecule has 2 aromatic rings. The zero-order valence-electron chi connectivity index (χ0n) is 10.5. The molecule has 0 aliphatic carbocycles. The van der Waals surface area contributed by atoms with Crippen LogP contribution in [0.25, 0.3) is 0 Å². The molecule has 21 heavy (non-hydrogen) atoms. The minimum Gasteiger partial charge on any atom is -0.475 e. The number of aromatic carboxylic acids is 1. The lowest BCUT2D eigenvalue weighted by molar-refractivity contribution is 0.0660. The van der Waals surface area contributed by atoms with E-state index in [1.54, 1.807) is 0 Å². The van der Waals surface area contributed by atoms with Crippen LogP contribution in [0, 0.1) is 5.82 Å². The number of nitrogens with two attached hydrogens (primary N) is 1.